The number of ketones is 2. The molecule has 19 heteroatoms. The summed E-state index contributed by atoms with van der Waals surface area (Å²) in [5.41, 5.74) is 0.294. The zero-order chi connectivity index (χ0) is 28.0. The molecule has 0 N–H and O–H groups in total. The van der Waals surface area contributed by atoms with E-state index in [2.05, 4.69) is 74.7 Å². The molecule has 19 nitrogen and oxygen atoms in total. The van der Waals surface area contributed by atoms with Crippen molar-refractivity contribution in [1.82, 2.24) is 0 Å². The highest BCUT2D eigenvalue weighted by molar-refractivity contribution is 6.41. The van der Waals surface area contributed by atoms with Gasteiger partial charge in [-0.3, -0.25) is 9.59 Å². The van der Waals surface area contributed by atoms with Gasteiger partial charge in [-0.1, -0.05) is 60.7 Å². The van der Waals surface area contributed by atoms with Crippen LogP contribution >= 0.6 is 0 Å². The molecule has 0 atom stereocenters. The number of hydrogen-bond acceptors (Lipinski definition) is 19. The van der Waals surface area contributed by atoms with Crippen molar-refractivity contribution in [2.75, 3.05) is 13.2 Å². The quantitative estimate of drug-likeness (QED) is 0.0403. The molecule has 0 bridgehead atoms. The summed E-state index contributed by atoms with van der Waals surface area (Å²) in [5.74, 6) is -4.00. The molecule has 2 aromatic carbocycles. The van der Waals surface area contributed by atoms with Gasteiger partial charge in [0.2, 0.25) is 0 Å². The van der Waals surface area contributed by atoms with Crippen molar-refractivity contribution in [1.29, 1.82) is 0 Å². The number of Topliss-reactive ketones (excluding diaryl/α,β-unsaturated/α-hetero) is 2. The van der Waals surface area contributed by atoms with Crippen LogP contribution in [0, 0.1) is 0 Å². The summed E-state index contributed by atoms with van der Waals surface area (Å²) < 4.78 is 9.11. The molecular weight excluding hydrogens is 544 g/mol. The minimum Gasteiger partial charge on any atom is -0.457 e. The third-order valence-electron chi connectivity index (χ3n) is 3.49. The Labute approximate surface area is 215 Å². The number of ether oxygens (including phenoxy) is 2. The van der Waals surface area contributed by atoms with E-state index in [9.17, 15) is 19.2 Å². The van der Waals surface area contributed by atoms with Crippen LogP contribution in [0.15, 0.2) is 73.2 Å². The maximum atomic E-state index is 11.7. The van der Waals surface area contributed by atoms with E-state index >= 15 is 0 Å². The fraction of sp³-hybridized carbons (Fsp3) is 0.100. The van der Waals surface area contributed by atoms with Crippen LogP contribution in [0.4, 0.5) is 0 Å². The number of benzene rings is 2. The molecule has 2 aromatic rings. The van der Waals surface area contributed by atoms with Crippen LogP contribution in [-0.2, 0) is 84.3 Å². The van der Waals surface area contributed by atoms with E-state index < -0.39 is 23.5 Å². The largest absolute Gasteiger partial charge is 0.457 e. The summed E-state index contributed by atoms with van der Waals surface area (Å²) in [6.07, 6.45) is 1.32. The Balaban J connectivity index is 1.31. The molecule has 0 radical (unpaired) electrons. The van der Waals surface area contributed by atoms with Gasteiger partial charge in [0.25, 0.3) is 11.6 Å². The van der Waals surface area contributed by atoms with Crippen LogP contribution in [0.1, 0.15) is 20.7 Å². The molecule has 0 saturated heterocycles. The van der Waals surface area contributed by atoms with Crippen molar-refractivity contribution in [3.8, 4) is 0 Å². The lowest BCUT2D eigenvalue weighted by molar-refractivity contribution is -0.869. The lowest BCUT2D eigenvalue weighted by Gasteiger charge is -2.03. The minimum atomic E-state index is -1.18. The fourth-order valence-electron chi connectivity index (χ4n) is 2.01. The summed E-state index contributed by atoms with van der Waals surface area (Å²) >= 11 is 0. The first-order valence-electron chi connectivity index (χ1n) is 9.93. The Morgan fingerprint density at radius 3 is 1.51 bits per heavy atom. The van der Waals surface area contributed by atoms with Crippen molar-refractivity contribution >= 4 is 23.5 Å². The molecule has 0 aliphatic rings. The molecule has 0 unspecified atom stereocenters. The molecule has 0 spiro atoms. The monoisotopic (exact) mass is 560 g/mol. The van der Waals surface area contributed by atoms with Gasteiger partial charge in [-0.15, -0.1) is 0 Å². The summed E-state index contributed by atoms with van der Waals surface area (Å²) in [6, 6.07) is 15.4. The predicted octanol–water partition coefficient (Wildman–Crippen LogP) is 1.51. The van der Waals surface area contributed by atoms with Crippen molar-refractivity contribution in [2.45, 2.75) is 0 Å². The number of carbonyl (C=O) groups is 4. The minimum absolute atomic E-state index is 0.131. The Kier molecular flexibility index (Phi) is 15.8. The number of hydrogen-bond donors (Lipinski definition) is 0. The van der Waals surface area contributed by atoms with E-state index in [1.54, 1.807) is 36.4 Å². The molecule has 0 aliphatic carbocycles. The average molecular weight is 560 g/mol. The molecule has 0 heterocycles. The Morgan fingerprint density at radius 1 is 0.513 bits per heavy atom. The Morgan fingerprint density at radius 2 is 0.974 bits per heavy atom. The van der Waals surface area contributed by atoms with Crippen LogP contribution in [-0.4, -0.2) is 36.7 Å². The number of rotatable bonds is 21. The molecule has 0 fully saturated rings. The number of carbonyl (C=O) groups excluding carboxylic acids is 4. The van der Waals surface area contributed by atoms with Gasteiger partial charge in [-0.05, 0) is 25.2 Å². The Bertz CT molecular complexity index is 1030. The highest BCUT2D eigenvalue weighted by Crippen LogP contribution is 2.03. The first-order valence-corrected chi connectivity index (χ1v) is 9.93. The SMILES string of the molecule is O=C(O/C=C\OOOOOOOOOOOOOCCOC(=O)C(=O)c1ccccc1)C(=O)c1ccccc1. The van der Waals surface area contributed by atoms with Crippen molar-refractivity contribution in [3.63, 3.8) is 0 Å². The molecule has 39 heavy (non-hydrogen) atoms. The second-order valence-electron chi connectivity index (χ2n) is 5.87. The predicted molar refractivity (Wildman–Crippen MR) is 107 cm³/mol. The van der Waals surface area contributed by atoms with E-state index in [0.29, 0.717) is 12.5 Å². The zero-order valence-corrected chi connectivity index (χ0v) is 19.1. The summed E-state index contributed by atoms with van der Waals surface area (Å²) in [5, 5.41) is 41.1. The first-order chi connectivity index (χ1) is 19.1. The van der Waals surface area contributed by atoms with Gasteiger partial charge in [0.1, 0.15) is 19.5 Å². The van der Waals surface area contributed by atoms with E-state index in [-0.39, 0.29) is 24.3 Å². The van der Waals surface area contributed by atoms with Gasteiger partial charge in [0, 0.05) is 41.4 Å². The van der Waals surface area contributed by atoms with Crippen LogP contribution in [0.25, 0.3) is 0 Å². The third kappa shape index (κ3) is 13.8. The van der Waals surface area contributed by atoms with Crippen molar-refractivity contribution in [3.05, 3.63) is 84.3 Å². The topological polar surface area (TPSA) is 207 Å². The second-order valence-corrected chi connectivity index (χ2v) is 5.87. The summed E-state index contributed by atoms with van der Waals surface area (Å²) in [4.78, 5) is 55.0. The van der Waals surface area contributed by atoms with Gasteiger partial charge < -0.3 is 14.4 Å². The van der Waals surface area contributed by atoms with Crippen LogP contribution in [0.2, 0.25) is 0 Å². The smallest absolute Gasteiger partial charge is 0.384 e. The van der Waals surface area contributed by atoms with Crippen molar-refractivity contribution < 1.29 is 93.8 Å². The number of esters is 2. The third-order valence-corrected chi connectivity index (χ3v) is 3.49. The first kappa shape index (κ1) is 31.0. The van der Waals surface area contributed by atoms with E-state index in [4.69, 9.17) is 0 Å². The van der Waals surface area contributed by atoms with Gasteiger partial charge in [0.05, 0.1) is 0 Å². The standard InChI is InChI=1S/C20H16O19/c21-17(15-7-3-1-4-8-15)19(23)25-11-13-27-29-31-33-35-37-39-38-36-34-32-30-28-14-12-26-20(24)18(22)16-9-5-2-6-10-16/h1-11,13H,12,14H2/b13-11-. The van der Waals surface area contributed by atoms with Crippen LogP contribution in [0.5, 0.6) is 0 Å². The fourth-order valence-corrected chi connectivity index (χ4v) is 2.01. The van der Waals surface area contributed by atoms with Gasteiger partial charge >= 0.3 is 11.9 Å². The average Bonchev–Trinajstić information content (AvgIpc) is 2.98. The van der Waals surface area contributed by atoms with Crippen LogP contribution in [0.3, 0.4) is 0 Å². The van der Waals surface area contributed by atoms with Crippen molar-refractivity contribution in [2.24, 2.45) is 0 Å². The van der Waals surface area contributed by atoms with E-state index in [1.807, 2.05) is 0 Å². The summed E-state index contributed by atoms with van der Waals surface area (Å²) in [7, 11) is 0. The highest BCUT2D eigenvalue weighted by atomic mass is 18.0. The van der Waals surface area contributed by atoms with E-state index in [0.717, 1.165) is 0 Å². The molecule has 0 aliphatic heterocycles. The van der Waals surface area contributed by atoms with E-state index in [1.165, 1.54) is 24.3 Å². The lowest BCUT2D eigenvalue weighted by atomic mass is 10.1. The van der Waals surface area contributed by atoms with Gasteiger partial charge in [0.15, 0.2) is 6.26 Å². The molecular formula is C20H16O19. The molecule has 0 saturated carbocycles. The maximum absolute atomic E-state index is 11.7. The molecule has 0 aromatic heterocycles. The van der Waals surface area contributed by atoms with Crippen LogP contribution < -0.4 is 0 Å². The lowest BCUT2D eigenvalue weighted by Crippen LogP contribution is -2.20. The second kappa shape index (κ2) is 19.8. The normalized spacial score (nSPS) is 10.8. The molecule has 0 amide bonds. The highest BCUT2D eigenvalue weighted by Gasteiger charge is 2.17. The Hall–Kier alpha value is -4.22. The zero-order valence-electron chi connectivity index (χ0n) is 19.1. The molecule has 2 rings (SSSR count). The molecule has 210 valence electrons. The summed E-state index contributed by atoms with van der Waals surface area (Å²) in [6.45, 7) is -0.716. The maximum Gasteiger partial charge on any atom is 0.384 e. The van der Waals surface area contributed by atoms with Gasteiger partial charge in [-0.25, -0.2) is 14.5 Å². The van der Waals surface area contributed by atoms with Gasteiger partial charge in [-0.2, -0.15) is 0 Å².